The third-order valence-electron chi connectivity index (χ3n) is 3.77. The fourth-order valence-corrected chi connectivity index (χ4v) is 2.31. The first-order valence-electron chi connectivity index (χ1n) is 8.43. The average Bonchev–Trinajstić information content (AvgIpc) is 2.75. The largest absolute Gasteiger partial charge is 0.444 e. The van der Waals surface area contributed by atoms with Gasteiger partial charge in [0.1, 0.15) is 0 Å². The van der Waals surface area contributed by atoms with Gasteiger partial charge in [0.05, 0.1) is 11.1 Å². The van der Waals surface area contributed by atoms with Crippen molar-refractivity contribution in [1.29, 1.82) is 0 Å². The molecule has 8 nitrogen and oxygen atoms in total. The Balaban J connectivity index is 2.29. The number of likely N-dealkylation sites (N-methyl/N-ethyl adjacent to an activating group) is 2. The molecule has 2 amide bonds. The van der Waals surface area contributed by atoms with E-state index in [1.54, 1.807) is 36.4 Å². The second-order valence-electron chi connectivity index (χ2n) is 5.61. The van der Waals surface area contributed by atoms with E-state index in [1.807, 2.05) is 0 Å². The first-order valence-corrected chi connectivity index (χ1v) is 8.43. The quantitative estimate of drug-likeness (QED) is 0.687. The molecule has 0 unspecified atom stereocenters. The number of benzene rings is 2. The van der Waals surface area contributed by atoms with Crippen LogP contribution >= 0.6 is 0 Å². The number of esters is 2. The molecule has 0 radical (unpaired) electrons. The van der Waals surface area contributed by atoms with Crippen molar-refractivity contribution in [3.8, 4) is 0 Å². The minimum atomic E-state index is -1.68. The highest BCUT2D eigenvalue weighted by Crippen LogP contribution is 2.13. The average molecular weight is 384 g/mol. The molecule has 0 saturated heterocycles. The molecular formula is C20H20N2O6. The second-order valence-corrected chi connectivity index (χ2v) is 5.61. The monoisotopic (exact) mass is 384 g/mol. The summed E-state index contributed by atoms with van der Waals surface area (Å²) in [4.78, 5) is 49.3. The maximum absolute atomic E-state index is 12.4. The van der Waals surface area contributed by atoms with Gasteiger partial charge in [0.15, 0.2) is 0 Å². The summed E-state index contributed by atoms with van der Waals surface area (Å²) in [6.07, 6.45) is -3.35. The highest BCUT2D eigenvalue weighted by molar-refractivity contribution is 5.98. The summed E-state index contributed by atoms with van der Waals surface area (Å²) in [6, 6.07) is 15.9. The number of amides is 2. The fourth-order valence-electron chi connectivity index (χ4n) is 2.31. The lowest BCUT2D eigenvalue weighted by molar-refractivity contribution is -0.146. The van der Waals surface area contributed by atoms with Crippen molar-refractivity contribution in [3.63, 3.8) is 0 Å². The third-order valence-corrected chi connectivity index (χ3v) is 3.77. The number of hydrogen-bond acceptors (Lipinski definition) is 6. The normalized spacial score (nSPS) is 12.2. The molecule has 0 aliphatic carbocycles. The first kappa shape index (κ1) is 20.6. The topological polar surface area (TPSA) is 111 Å². The maximum atomic E-state index is 12.4. The summed E-state index contributed by atoms with van der Waals surface area (Å²) in [5.41, 5.74) is 0.364. The molecule has 0 fully saturated rings. The van der Waals surface area contributed by atoms with Crippen LogP contribution in [0.3, 0.4) is 0 Å². The summed E-state index contributed by atoms with van der Waals surface area (Å²) >= 11 is 0. The number of carbonyl (C=O) groups is 4. The molecule has 0 bridgehead atoms. The van der Waals surface area contributed by atoms with Gasteiger partial charge >= 0.3 is 11.9 Å². The lowest BCUT2D eigenvalue weighted by Gasteiger charge is -2.24. The van der Waals surface area contributed by atoms with E-state index < -0.39 is 36.0 Å². The smallest absolute Gasteiger partial charge is 0.339 e. The van der Waals surface area contributed by atoms with E-state index >= 15 is 0 Å². The molecule has 0 saturated carbocycles. The van der Waals surface area contributed by atoms with Gasteiger partial charge in [0.25, 0.3) is 11.8 Å². The molecule has 2 aromatic rings. The van der Waals surface area contributed by atoms with Crippen molar-refractivity contribution in [1.82, 2.24) is 10.6 Å². The highest BCUT2D eigenvalue weighted by Gasteiger charge is 2.39. The van der Waals surface area contributed by atoms with Crippen LogP contribution in [0.5, 0.6) is 0 Å². The lowest BCUT2D eigenvalue weighted by Crippen LogP contribution is -2.52. The molecule has 0 spiro atoms. The van der Waals surface area contributed by atoms with Crippen LogP contribution in [0.25, 0.3) is 0 Å². The molecule has 0 aromatic heterocycles. The standard InChI is InChI=1S/C20H20N2O6/c1-21-17(23)15(27-19(25)13-9-5-3-6-10-13)16(18(24)22-2)28-20(26)14-11-7-4-8-12-14/h3-12,15-16H,1-2H3,(H,21,23)(H,22,24)/t15-,16-/m1/s1. The van der Waals surface area contributed by atoms with Crippen molar-refractivity contribution >= 4 is 23.8 Å². The number of ether oxygens (including phenoxy) is 2. The zero-order valence-electron chi connectivity index (χ0n) is 15.4. The van der Waals surface area contributed by atoms with E-state index in [1.165, 1.54) is 38.4 Å². The fraction of sp³-hybridized carbons (Fsp3) is 0.200. The lowest BCUT2D eigenvalue weighted by atomic mass is 10.1. The van der Waals surface area contributed by atoms with Crippen LogP contribution < -0.4 is 10.6 Å². The summed E-state index contributed by atoms with van der Waals surface area (Å²) < 4.78 is 10.4. The number of hydrogen-bond donors (Lipinski definition) is 2. The van der Waals surface area contributed by atoms with Crippen LogP contribution in [0.2, 0.25) is 0 Å². The Morgan fingerprint density at radius 3 is 1.25 bits per heavy atom. The van der Waals surface area contributed by atoms with Crippen LogP contribution in [0.1, 0.15) is 20.7 Å². The van der Waals surface area contributed by atoms with Crippen molar-refractivity contribution in [2.24, 2.45) is 0 Å². The zero-order valence-corrected chi connectivity index (χ0v) is 15.4. The molecule has 2 N–H and O–H groups in total. The van der Waals surface area contributed by atoms with Gasteiger partial charge in [-0.25, -0.2) is 9.59 Å². The number of nitrogens with one attached hydrogen (secondary N) is 2. The van der Waals surface area contributed by atoms with Gasteiger partial charge in [-0.1, -0.05) is 36.4 Å². The number of carbonyl (C=O) groups excluding carboxylic acids is 4. The Morgan fingerprint density at radius 2 is 0.964 bits per heavy atom. The van der Waals surface area contributed by atoms with Crippen LogP contribution in [0, 0.1) is 0 Å². The minimum Gasteiger partial charge on any atom is -0.444 e. The summed E-state index contributed by atoms with van der Waals surface area (Å²) in [5.74, 6) is -3.25. The third kappa shape index (κ3) is 5.16. The molecule has 2 aromatic carbocycles. The predicted molar refractivity (Wildman–Crippen MR) is 99.4 cm³/mol. The van der Waals surface area contributed by atoms with Crippen LogP contribution in [-0.2, 0) is 19.1 Å². The Labute approximate surface area is 161 Å². The van der Waals surface area contributed by atoms with Crippen LogP contribution in [-0.4, -0.2) is 50.1 Å². The van der Waals surface area contributed by atoms with Crippen molar-refractivity contribution in [2.45, 2.75) is 12.2 Å². The highest BCUT2D eigenvalue weighted by atomic mass is 16.6. The van der Waals surface area contributed by atoms with E-state index in [9.17, 15) is 19.2 Å². The molecule has 0 aliphatic rings. The summed E-state index contributed by atoms with van der Waals surface area (Å²) in [6.45, 7) is 0. The van der Waals surface area contributed by atoms with E-state index in [2.05, 4.69) is 10.6 Å². The number of rotatable bonds is 7. The van der Waals surface area contributed by atoms with E-state index in [4.69, 9.17) is 9.47 Å². The molecule has 0 heterocycles. The van der Waals surface area contributed by atoms with Gasteiger partial charge in [0.2, 0.25) is 12.2 Å². The molecular weight excluding hydrogens is 364 g/mol. The summed E-state index contributed by atoms with van der Waals surface area (Å²) in [7, 11) is 2.62. The molecule has 8 heteroatoms. The zero-order chi connectivity index (χ0) is 20.5. The minimum absolute atomic E-state index is 0.182. The molecule has 2 atom stereocenters. The van der Waals surface area contributed by atoms with E-state index in [-0.39, 0.29) is 11.1 Å². The predicted octanol–water partition coefficient (Wildman–Crippen LogP) is 0.930. The van der Waals surface area contributed by atoms with Crippen molar-refractivity contribution in [2.75, 3.05) is 14.1 Å². The maximum Gasteiger partial charge on any atom is 0.339 e. The van der Waals surface area contributed by atoms with Gasteiger partial charge in [-0.15, -0.1) is 0 Å². The van der Waals surface area contributed by atoms with Gasteiger partial charge in [-0.3, -0.25) is 9.59 Å². The van der Waals surface area contributed by atoms with Crippen LogP contribution in [0.4, 0.5) is 0 Å². The molecule has 146 valence electrons. The second kappa shape index (κ2) is 9.86. The Morgan fingerprint density at radius 1 is 0.643 bits per heavy atom. The SMILES string of the molecule is CNC(=O)[C@H](OC(=O)c1ccccc1)[C@@H](OC(=O)c1ccccc1)C(=O)NC. The first-order chi connectivity index (χ1) is 13.5. The van der Waals surface area contributed by atoms with E-state index in [0.717, 1.165) is 0 Å². The van der Waals surface area contributed by atoms with E-state index in [0.29, 0.717) is 0 Å². The van der Waals surface area contributed by atoms with Crippen molar-refractivity contribution in [3.05, 3.63) is 71.8 Å². The van der Waals surface area contributed by atoms with Gasteiger partial charge in [-0.05, 0) is 24.3 Å². The molecule has 2 rings (SSSR count). The summed E-state index contributed by atoms with van der Waals surface area (Å²) in [5, 5.41) is 4.61. The van der Waals surface area contributed by atoms with Crippen LogP contribution in [0.15, 0.2) is 60.7 Å². The van der Waals surface area contributed by atoms with Crippen molar-refractivity contribution < 1.29 is 28.7 Å². The molecule has 28 heavy (non-hydrogen) atoms. The Kier molecular flexibility index (Phi) is 7.27. The van der Waals surface area contributed by atoms with Gasteiger partial charge in [-0.2, -0.15) is 0 Å². The van der Waals surface area contributed by atoms with Gasteiger partial charge in [0, 0.05) is 14.1 Å². The molecule has 0 aliphatic heterocycles. The Bertz CT molecular complexity index is 767. The Hall–Kier alpha value is -3.68. The van der Waals surface area contributed by atoms with Gasteiger partial charge < -0.3 is 20.1 Å².